The topological polar surface area (TPSA) is 78.0 Å². The van der Waals surface area contributed by atoms with Crippen molar-refractivity contribution >= 4 is 39.2 Å². The highest BCUT2D eigenvalue weighted by atomic mass is 32.2. The Labute approximate surface area is 168 Å². The number of primary amides is 1. The third kappa shape index (κ3) is 3.94. The fraction of sp³-hybridized carbons (Fsp3) is 0.650. The van der Waals surface area contributed by atoms with E-state index in [1.807, 2.05) is 6.92 Å². The van der Waals surface area contributed by atoms with Crippen LogP contribution in [0.25, 0.3) is 10.2 Å². The van der Waals surface area contributed by atoms with E-state index in [0.717, 1.165) is 35.9 Å². The van der Waals surface area contributed by atoms with E-state index in [9.17, 15) is 9.59 Å². The van der Waals surface area contributed by atoms with Crippen LogP contribution in [0.5, 0.6) is 0 Å². The van der Waals surface area contributed by atoms with Gasteiger partial charge in [0.25, 0.3) is 5.56 Å². The van der Waals surface area contributed by atoms with Gasteiger partial charge >= 0.3 is 0 Å². The first kappa shape index (κ1) is 20.4. The standard InChI is InChI=1S/C20H29N3O2S2/c1-6-9-23-18(25)15-13-8-7-12(20(3,4)5)10-14(13)27-17(15)22-19(23)26-11(2)16(21)24/h11-12H,6-10H2,1-5H3,(H2,21,24)/t11-,12-/m1/s1. The monoisotopic (exact) mass is 407 g/mol. The number of nitrogens with zero attached hydrogens (tertiary/aromatic N) is 2. The predicted molar refractivity (Wildman–Crippen MR) is 114 cm³/mol. The maximum absolute atomic E-state index is 13.3. The molecule has 2 aromatic rings. The number of nitrogens with two attached hydrogens (primary N) is 1. The number of aromatic nitrogens is 2. The van der Waals surface area contributed by atoms with Crippen molar-refractivity contribution in [3.8, 4) is 0 Å². The number of hydrogen-bond donors (Lipinski definition) is 1. The fourth-order valence-electron chi connectivity index (χ4n) is 3.71. The molecule has 0 fully saturated rings. The van der Waals surface area contributed by atoms with Crippen molar-refractivity contribution in [3.05, 3.63) is 20.8 Å². The first-order chi connectivity index (χ1) is 12.6. The van der Waals surface area contributed by atoms with E-state index in [4.69, 9.17) is 10.7 Å². The minimum atomic E-state index is -0.419. The van der Waals surface area contributed by atoms with Gasteiger partial charge in [0.05, 0.1) is 10.6 Å². The van der Waals surface area contributed by atoms with Gasteiger partial charge in [0, 0.05) is 11.4 Å². The van der Waals surface area contributed by atoms with Gasteiger partial charge in [-0.25, -0.2) is 4.98 Å². The van der Waals surface area contributed by atoms with Crippen LogP contribution in [0.2, 0.25) is 0 Å². The van der Waals surface area contributed by atoms with Crippen LogP contribution < -0.4 is 11.3 Å². The number of thioether (sulfide) groups is 1. The van der Waals surface area contributed by atoms with Gasteiger partial charge in [0.15, 0.2) is 5.16 Å². The van der Waals surface area contributed by atoms with Crippen LogP contribution in [0.4, 0.5) is 0 Å². The van der Waals surface area contributed by atoms with Crippen LogP contribution in [-0.4, -0.2) is 20.7 Å². The maximum Gasteiger partial charge on any atom is 0.263 e. The summed E-state index contributed by atoms with van der Waals surface area (Å²) in [6, 6.07) is 0. The summed E-state index contributed by atoms with van der Waals surface area (Å²) >= 11 is 2.94. The lowest BCUT2D eigenvalue weighted by molar-refractivity contribution is -0.117. The lowest BCUT2D eigenvalue weighted by Crippen LogP contribution is -2.28. The van der Waals surface area contributed by atoms with Crippen molar-refractivity contribution in [2.45, 2.75) is 77.3 Å². The molecule has 2 N–H and O–H groups in total. The number of amides is 1. The van der Waals surface area contributed by atoms with E-state index in [-0.39, 0.29) is 11.0 Å². The Morgan fingerprint density at radius 1 is 1.44 bits per heavy atom. The van der Waals surface area contributed by atoms with Gasteiger partial charge in [-0.05, 0) is 49.5 Å². The third-order valence-corrected chi connectivity index (χ3v) is 7.75. The summed E-state index contributed by atoms with van der Waals surface area (Å²) in [4.78, 5) is 31.7. The van der Waals surface area contributed by atoms with Gasteiger partial charge in [-0.15, -0.1) is 11.3 Å². The van der Waals surface area contributed by atoms with Crippen LogP contribution in [0.1, 0.15) is 57.9 Å². The molecule has 7 heteroatoms. The molecule has 0 aliphatic heterocycles. The molecule has 2 heterocycles. The highest BCUT2D eigenvalue weighted by Crippen LogP contribution is 2.42. The van der Waals surface area contributed by atoms with E-state index in [0.29, 0.717) is 17.6 Å². The summed E-state index contributed by atoms with van der Waals surface area (Å²) in [6.45, 7) is 11.3. The third-order valence-electron chi connectivity index (χ3n) is 5.49. The average molecular weight is 408 g/mol. The quantitative estimate of drug-likeness (QED) is 0.600. The molecule has 0 bridgehead atoms. The van der Waals surface area contributed by atoms with Crippen molar-refractivity contribution in [2.24, 2.45) is 17.1 Å². The molecule has 5 nitrogen and oxygen atoms in total. The normalized spacial score (nSPS) is 18.5. The van der Waals surface area contributed by atoms with Crippen LogP contribution in [-0.2, 0) is 24.2 Å². The Kier molecular flexibility index (Phi) is 5.73. The molecule has 148 valence electrons. The van der Waals surface area contributed by atoms with E-state index < -0.39 is 11.2 Å². The first-order valence-electron chi connectivity index (χ1n) is 9.64. The van der Waals surface area contributed by atoms with Gasteiger partial charge in [-0.1, -0.05) is 39.5 Å². The van der Waals surface area contributed by atoms with Crippen LogP contribution in [0.15, 0.2) is 9.95 Å². The van der Waals surface area contributed by atoms with Crippen molar-refractivity contribution in [1.82, 2.24) is 9.55 Å². The van der Waals surface area contributed by atoms with Crippen molar-refractivity contribution in [1.29, 1.82) is 0 Å². The Morgan fingerprint density at radius 2 is 2.15 bits per heavy atom. The first-order valence-corrected chi connectivity index (χ1v) is 11.3. The molecule has 2 aromatic heterocycles. The fourth-order valence-corrected chi connectivity index (χ4v) is 5.93. The molecule has 0 saturated carbocycles. The Hall–Kier alpha value is -1.34. The number of rotatable bonds is 5. The molecule has 0 spiro atoms. The average Bonchev–Trinajstić information content (AvgIpc) is 2.94. The Bertz CT molecular complexity index is 924. The van der Waals surface area contributed by atoms with Crippen LogP contribution in [0, 0.1) is 11.3 Å². The molecule has 0 unspecified atom stereocenters. The largest absolute Gasteiger partial charge is 0.369 e. The second-order valence-electron chi connectivity index (χ2n) is 8.50. The zero-order valence-corrected chi connectivity index (χ0v) is 18.4. The summed E-state index contributed by atoms with van der Waals surface area (Å²) in [5.74, 6) is 0.232. The highest BCUT2D eigenvalue weighted by molar-refractivity contribution is 8.00. The lowest BCUT2D eigenvalue weighted by Gasteiger charge is -2.33. The summed E-state index contributed by atoms with van der Waals surface area (Å²) in [5.41, 5.74) is 6.93. The zero-order valence-electron chi connectivity index (χ0n) is 16.8. The number of carbonyl (C=O) groups is 1. The van der Waals surface area contributed by atoms with Crippen molar-refractivity contribution in [2.75, 3.05) is 0 Å². The predicted octanol–water partition coefficient (Wildman–Crippen LogP) is 3.98. The van der Waals surface area contributed by atoms with E-state index in [1.54, 1.807) is 22.8 Å². The van der Waals surface area contributed by atoms with Crippen LogP contribution >= 0.6 is 23.1 Å². The van der Waals surface area contributed by atoms with Gasteiger partial charge < -0.3 is 5.73 Å². The SMILES string of the molecule is CCCn1c(S[C@H](C)C(N)=O)nc2sc3c(c2c1=O)CC[C@@H](C(C)(C)C)C3. The maximum atomic E-state index is 13.3. The highest BCUT2D eigenvalue weighted by Gasteiger charge is 2.32. The molecule has 1 aliphatic rings. The van der Waals surface area contributed by atoms with E-state index >= 15 is 0 Å². The number of thiophene rings is 1. The van der Waals surface area contributed by atoms with Gasteiger partial charge in [0.2, 0.25) is 5.91 Å². The van der Waals surface area contributed by atoms with E-state index in [2.05, 4.69) is 20.8 Å². The summed E-state index contributed by atoms with van der Waals surface area (Å²) in [7, 11) is 0. The summed E-state index contributed by atoms with van der Waals surface area (Å²) in [6.07, 6.45) is 3.92. The Morgan fingerprint density at radius 3 is 2.74 bits per heavy atom. The molecular weight excluding hydrogens is 378 g/mol. The number of hydrogen-bond acceptors (Lipinski definition) is 5. The smallest absolute Gasteiger partial charge is 0.263 e. The number of carbonyl (C=O) groups excluding carboxylic acids is 1. The molecule has 3 rings (SSSR count). The molecule has 2 atom stereocenters. The minimum absolute atomic E-state index is 0.0349. The molecule has 1 aliphatic carbocycles. The lowest BCUT2D eigenvalue weighted by atomic mass is 9.72. The molecule has 27 heavy (non-hydrogen) atoms. The summed E-state index contributed by atoms with van der Waals surface area (Å²) < 4.78 is 1.73. The number of aryl methyl sites for hydroxylation is 1. The molecule has 1 amide bonds. The molecule has 0 saturated heterocycles. The second kappa shape index (κ2) is 7.59. The molecule has 0 radical (unpaired) electrons. The van der Waals surface area contributed by atoms with Crippen LogP contribution in [0.3, 0.4) is 0 Å². The minimum Gasteiger partial charge on any atom is -0.369 e. The summed E-state index contributed by atoms with van der Waals surface area (Å²) in [5, 5.41) is 0.982. The molecular formula is C20H29N3O2S2. The molecule has 0 aromatic carbocycles. The van der Waals surface area contributed by atoms with Crippen molar-refractivity contribution in [3.63, 3.8) is 0 Å². The van der Waals surface area contributed by atoms with Gasteiger partial charge in [0.1, 0.15) is 4.83 Å². The number of fused-ring (bicyclic) bond motifs is 3. The second-order valence-corrected chi connectivity index (χ2v) is 10.9. The van der Waals surface area contributed by atoms with E-state index in [1.165, 1.54) is 22.2 Å². The Balaban J connectivity index is 2.11. The van der Waals surface area contributed by atoms with Gasteiger partial charge in [-0.3, -0.25) is 14.2 Å². The van der Waals surface area contributed by atoms with Crippen molar-refractivity contribution < 1.29 is 4.79 Å². The van der Waals surface area contributed by atoms with Gasteiger partial charge in [-0.2, -0.15) is 0 Å². The zero-order chi connectivity index (χ0) is 19.9.